The lowest BCUT2D eigenvalue weighted by Gasteiger charge is -2.36. The lowest BCUT2D eigenvalue weighted by molar-refractivity contribution is 0.178. The Morgan fingerprint density at radius 1 is 1.19 bits per heavy atom. The number of carbonyl (C=O) groups excluding carboxylic acids is 1. The topological polar surface area (TPSA) is 29.1 Å². The van der Waals surface area contributed by atoms with E-state index < -0.39 is 0 Å². The Morgan fingerprint density at radius 3 is 2.44 bits per heavy atom. The van der Waals surface area contributed by atoms with Crippen molar-refractivity contribution in [2.24, 2.45) is 29.1 Å². The number of carbonyl (C=O) groups is 1. The Labute approximate surface area is 170 Å². The van der Waals surface area contributed by atoms with E-state index in [1.54, 1.807) is 0 Å². The third kappa shape index (κ3) is 7.03. The SMILES string of the molecule is CC(C)[C@@H]1CC[C@@H](C)C[C@H]1/C=C/[C@H](SC(=O)Nc1ccccc1)C(C)(C)C. The van der Waals surface area contributed by atoms with Crippen LogP contribution in [0.25, 0.3) is 0 Å². The summed E-state index contributed by atoms with van der Waals surface area (Å²) in [6, 6.07) is 9.70. The third-order valence-corrected chi connectivity index (χ3v) is 7.15. The van der Waals surface area contributed by atoms with Crippen molar-refractivity contribution in [3.05, 3.63) is 42.5 Å². The molecule has 27 heavy (non-hydrogen) atoms. The van der Waals surface area contributed by atoms with Gasteiger partial charge in [0, 0.05) is 10.9 Å². The largest absolute Gasteiger partial charge is 0.317 e. The van der Waals surface area contributed by atoms with Crippen LogP contribution in [0.15, 0.2) is 42.5 Å². The molecule has 4 atom stereocenters. The molecule has 0 spiro atoms. The van der Waals surface area contributed by atoms with Crippen molar-refractivity contribution in [3.8, 4) is 0 Å². The Morgan fingerprint density at radius 2 is 1.85 bits per heavy atom. The minimum atomic E-state index is 0.0168. The monoisotopic (exact) mass is 387 g/mol. The highest BCUT2D eigenvalue weighted by Crippen LogP contribution is 2.40. The first-order valence-electron chi connectivity index (χ1n) is 10.4. The zero-order valence-electron chi connectivity index (χ0n) is 17.9. The molecule has 0 saturated heterocycles. The fraction of sp³-hybridized carbons (Fsp3) is 0.625. The van der Waals surface area contributed by atoms with E-state index in [2.05, 4.69) is 59.0 Å². The summed E-state index contributed by atoms with van der Waals surface area (Å²) in [5, 5.41) is 3.18. The molecule has 1 aliphatic carbocycles. The second-order valence-electron chi connectivity index (χ2n) is 9.56. The summed E-state index contributed by atoms with van der Waals surface area (Å²) < 4.78 is 0. The van der Waals surface area contributed by atoms with Gasteiger partial charge in [0.1, 0.15) is 0 Å². The van der Waals surface area contributed by atoms with Crippen molar-refractivity contribution < 1.29 is 4.79 Å². The first kappa shape index (κ1) is 22.1. The number of benzene rings is 1. The lowest BCUT2D eigenvalue weighted by atomic mass is 9.70. The molecule has 1 aliphatic rings. The first-order chi connectivity index (χ1) is 12.7. The van der Waals surface area contributed by atoms with Gasteiger partial charge < -0.3 is 5.32 Å². The summed E-state index contributed by atoms with van der Waals surface area (Å²) in [4.78, 5) is 12.6. The number of nitrogens with one attached hydrogen (secondary N) is 1. The van der Waals surface area contributed by atoms with Crippen molar-refractivity contribution in [1.29, 1.82) is 0 Å². The highest BCUT2D eigenvalue weighted by Gasteiger charge is 2.30. The van der Waals surface area contributed by atoms with Gasteiger partial charge in [0.2, 0.25) is 0 Å². The fourth-order valence-corrected chi connectivity index (χ4v) is 4.96. The Balaban J connectivity index is 2.06. The van der Waals surface area contributed by atoms with Gasteiger partial charge in [-0.15, -0.1) is 0 Å². The van der Waals surface area contributed by atoms with Crippen LogP contribution >= 0.6 is 11.8 Å². The van der Waals surface area contributed by atoms with Crippen LogP contribution in [0, 0.1) is 29.1 Å². The molecule has 1 aromatic rings. The van der Waals surface area contributed by atoms with Crippen molar-refractivity contribution in [2.75, 3.05) is 5.32 Å². The number of thioether (sulfide) groups is 1. The molecule has 0 aromatic heterocycles. The summed E-state index contributed by atoms with van der Waals surface area (Å²) in [6.45, 7) is 13.7. The highest BCUT2D eigenvalue weighted by molar-refractivity contribution is 8.14. The van der Waals surface area contributed by atoms with Crippen LogP contribution in [0.5, 0.6) is 0 Å². The van der Waals surface area contributed by atoms with Crippen molar-refractivity contribution in [2.45, 2.75) is 66.1 Å². The zero-order chi connectivity index (χ0) is 20.0. The van der Waals surface area contributed by atoms with Gasteiger partial charge in [-0.3, -0.25) is 4.79 Å². The van der Waals surface area contributed by atoms with E-state index in [4.69, 9.17) is 0 Å². The molecule has 1 amide bonds. The quantitative estimate of drug-likeness (QED) is 0.526. The van der Waals surface area contributed by atoms with Crippen molar-refractivity contribution in [3.63, 3.8) is 0 Å². The minimum Gasteiger partial charge on any atom is -0.317 e. The standard InChI is InChI=1S/C24H37NOS/c1-17(2)21-14-12-18(3)16-19(21)13-15-22(24(4,5)6)27-23(26)25-20-10-8-7-9-11-20/h7-11,13,15,17-19,21-22H,12,14,16H2,1-6H3,(H,25,26)/b15-13+/t18-,19-,21+,22+/m1/s1. The van der Waals surface area contributed by atoms with Crippen molar-refractivity contribution in [1.82, 2.24) is 0 Å². The minimum absolute atomic E-state index is 0.0168. The Hall–Kier alpha value is -1.22. The van der Waals surface area contributed by atoms with E-state index in [1.165, 1.54) is 31.0 Å². The molecule has 2 nitrogen and oxygen atoms in total. The molecule has 0 aliphatic heterocycles. The summed E-state index contributed by atoms with van der Waals surface area (Å²) in [7, 11) is 0. The van der Waals surface area contributed by atoms with E-state index >= 15 is 0 Å². The number of allylic oxidation sites excluding steroid dienone is 1. The lowest BCUT2D eigenvalue weighted by Crippen LogP contribution is -2.28. The molecule has 0 bridgehead atoms. The number of hydrogen-bond acceptors (Lipinski definition) is 2. The molecule has 1 aromatic carbocycles. The maximum Gasteiger partial charge on any atom is 0.284 e. The van der Waals surface area contributed by atoms with E-state index in [0.717, 1.165) is 17.5 Å². The highest BCUT2D eigenvalue weighted by atomic mass is 32.2. The normalized spacial score (nSPS) is 24.9. The van der Waals surface area contributed by atoms with Crippen LogP contribution in [-0.2, 0) is 0 Å². The molecule has 3 heteroatoms. The fourth-order valence-electron chi connectivity index (χ4n) is 4.03. The van der Waals surface area contributed by atoms with Gasteiger partial charge in [-0.25, -0.2) is 0 Å². The van der Waals surface area contributed by atoms with E-state index in [0.29, 0.717) is 11.8 Å². The van der Waals surface area contributed by atoms with Gasteiger partial charge in [-0.2, -0.15) is 0 Å². The first-order valence-corrected chi connectivity index (χ1v) is 11.3. The molecule has 0 heterocycles. The molecular formula is C24H37NOS. The molecular weight excluding hydrogens is 350 g/mol. The van der Waals surface area contributed by atoms with Crippen LogP contribution in [-0.4, -0.2) is 10.5 Å². The van der Waals surface area contributed by atoms with Crippen LogP contribution in [0.4, 0.5) is 10.5 Å². The molecule has 0 radical (unpaired) electrons. The van der Waals surface area contributed by atoms with Crippen LogP contribution in [0.3, 0.4) is 0 Å². The predicted molar refractivity (Wildman–Crippen MR) is 120 cm³/mol. The zero-order valence-corrected chi connectivity index (χ0v) is 18.7. The molecule has 1 saturated carbocycles. The predicted octanol–water partition coefficient (Wildman–Crippen LogP) is 7.63. The Bertz CT molecular complexity index is 617. The summed E-state index contributed by atoms with van der Waals surface area (Å²) in [6.07, 6.45) is 8.70. The van der Waals surface area contributed by atoms with Crippen molar-refractivity contribution >= 4 is 22.7 Å². The summed E-state index contributed by atoms with van der Waals surface area (Å²) in [5.74, 6) is 2.92. The molecule has 1 N–H and O–H groups in total. The molecule has 1 fully saturated rings. The maximum atomic E-state index is 12.6. The number of para-hydroxylation sites is 1. The number of anilines is 1. The second kappa shape index (κ2) is 9.82. The van der Waals surface area contributed by atoms with Gasteiger partial charge in [-0.1, -0.05) is 90.1 Å². The molecule has 2 rings (SSSR count). The average molecular weight is 388 g/mol. The van der Waals surface area contributed by atoms with Crippen LogP contribution in [0.2, 0.25) is 0 Å². The number of amides is 1. The summed E-state index contributed by atoms with van der Waals surface area (Å²) >= 11 is 1.41. The number of hydrogen-bond donors (Lipinski definition) is 1. The molecule has 150 valence electrons. The third-order valence-electron chi connectivity index (χ3n) is 5.71. The van der Waals surface area contributed by atoms with E-state index in [1.807, 2.05) is 30.3 Å². The Kier molecular flexibility index (Phi) is 8.03. The van der Waals surface area contributed by atoms with E-state index in [-0.39, 0.29) is 15.9 Å². The van der Waals surface area contributed by atoms with Gasteiger partial charge in [0.25, 0.3) is 5.24 Å². The van der Waals surface area contributed by atoms with Gasteiger partial charge in [-0.05, 0) is 54.1 Å². The van der Waals surface area contributed by atoms with E-state index in [9.17, 15) is 4.79 Å². The van der Waals surface area contributed by atoms with Crippen LogP contribution in [0.1, 0.15) is 60.8 Å². The number of rotatable bonds is 5. The summed E-state index contributed by atoms with van der Waals surface area (Å²) in [5.41, 5.74) is 0.885. The van der Waals surface area contributed by atoms with Crippen LogP contribution < -0.4 is 5.32 Å². The van der Waals surface area contributed by atoms with Gasteiger partial charge in [0.15, 0.2) is 0 Å². The smallest absolute Gasteiger partial charge is 0.284 e. The van der Waals surface area contributed by atoms with Gasteiger partial charge >= 0.3 is 0 Å². The average Bonchev–Trinajstić information content (AvgIpc) is 2.58. The van der Waals surface area contributed by atoms with Gasteiger partial charge in [0.05, 0.1) is 0 Å². The molecule has 0 unspecified atom stereocenters. The second-order valence-corrected chi connectivity index (χ2v) is 10.7. The maximum absolute atomic E-state index is 12.6.